The minimum absolute atomic E-state index is 0.0719. The highest BCUT2D eigenvalue weighted by Crippen LogP contribution is 2.38. The first-order valence-corrected chi connectivity index (χ1v) is 12.3. The van der Waals surface area contributed by atoms with Crippen LogP contribution in [0.2, 0.25) is 5.02 Å². The topological polar surface area (TPSA) is 143 Å². The number of carboxylic acid groups (broad SMARTS) is 1. The van der Waals surface area contributed by atoms with E-state index in [4.69, 9.17) is 51.5 Å². The maximum atomic E-state index is 12.8. The standard InChI is InChI=1S/C19H15Cl4N5O5S/c20-13-10-12(34(32,33)24-9-8-15(29)30)6-7-14(13)25-17(31)16-26-18(19(21,22)23)28(27-16)11-4-2-1-3-5-11/h1-7,10,24H,8-9H2,(H,25,31)(H,29,30). The van der Waals surface area contributed by atoms with Gasteiger partial charge in [-0.15, -0.1) is 5.10 Å². The van der Waals surface area contributed by atoms with Crippen molar-refractivity contribution in [3.63, 3.8) is 0 Å². The molecule has 0 atom stereocenters. The number of hydrogen-bond donors (Lipinski definition) is 3. The molecule has 0 saturated heterocycles. The van der Waals surface area contributed by atoms with Gasteiger partial charge in [0.2, 0.25) is 19.6 Å². The number of carbonyl (C=O) groups is 2. The minimum atomic E-state index is -4.01. The number of para-hydroxylation sites is 1. The van der Waals surface area contributed by atoms with Crippen molar-refractivity contribution >= 4 is 74.0 Å². The molecule has 0 fully saturated rings. The van der Waals surface area contributed by atoms with Gasteiger partial charge in [0.05, 0.1) is 27.7 Å². The van der Waals surface area contributed by atoms with Gasteiger partial charge in [-0.25, -0.2) is 22.8 Å². The lowest BCUT2D eigenvalue weighted by molar-refractivity contribution is -0.136. The van der Waals surface area contributed by atoms with E-state index in [1.807, 2.05) is 0 Å². The fourth-order valence-corrected chi connectivity index (χ4v) is 4.38. The summed E-state index contributed by atoms with van der Waals surface area (Å²) in [7, 11) is -4.01. The molecule has 1 aromatic heterocycles. The van der Waals surface area contributed by atoms with E-state index in [0.717, 1.165) is 6.07 Å². The van der Waals surface area contributed by atoms with Gasteiger partial charge in [-0.05, 0) is 30.3 Å². The summed E-state index contributed by atoms with van der Waals surface area (Å²) in [6, 6.07) is 12.1. The molecule has 0 unspecified atom stereocenters. The van der Waals surface area contributed by atoms with Gasteiger partial charge in [-0.3, -0.25) is 9.59 Å². The number of alkyl halides is 3. The third-order valence-corrected chi connectivity index (χ3v) is 6.47. The van der Waals surface area contributed by atoms with E-state index in [1.54, 1.807) is 30.3 Å². The number of sulfonamides is 1. The first-order chi connectivity index (χ1) is 15.9. The molecule has 0 aliphatic carbocycles. The molecule has 3 aromatic rings. The van der Waals surface area contributed by atoms with Crippen molar-refractivity contribution in [2.45, 2.75) is 15.1 Å². The second-order valence-electron chi connectivity index (χ2n) is 6.64. The average molecular weight is 567 g/mol. The van der Waals surface area contributed by atoms with Crippen molar-refractivity contribution in [3.05, 3.63) is 65.2 Å². The molecule has 34 heavy (non-hydrogen) atoms. The quantitative estimate of drug-likeness (QED) is 0.352. The predicted octanol–water partition coefficient (Wildman–Crippen LogP) is 3.75. The zero-order valence-corrected chi connectivity index (χ0v) is 20.7. The fraction of sp³-hybridized carbons (Fsp3) is 0.158. The molecule has 0 radical (unpaired) electrons. The fourth-order valence-electron chi connectivity index (χ4n) is 2.66. The first-order valence-electron chi connectivity index (χ1n) is 9.30. The molecule has 3 N–H and O–H groups in total. The monoisotopic (exact) mass is 565 g/mol. The lowest BCUT2D eigenvalue weighted by Crippen LogP contribution is -2.26. The number of aromatic nitrogens is 3. The van der Waals surface area contributed by atoms with Crippen LogP contribution in [0.1, 0.15) is 22.9 Å². The van der Waals surface area contributed by atoms with E-state index in [9.17, 15) is 18.0 Å². The maximum absolute atomic E-state index is 12.8. The molecule has 10 nitrogen and oxygen atoms in total. The molecular weight excluding hydrogens is 552 g/mol. The smallest absolute Gasteiger partial charge is 0.304 e. The maximum Gasteiger partial charge on any atom is 0.304 e. The summed E-state index contributed by atoms with van der Waals surface area (Å²) in [6.45, 7) is -0.297. The Labute approximate surface area is 213 Å². The zero-order chi connectivity index (χ0) is 25.1. The minimum Gasteiger partial charge on any atom is -0.481 e. The molecule has 0 aliphatic rings. The second kappa shape index (κ2) is 10.5. The molecule has 0 saturated carbocycles. The highest BCUT2D eigenvalue weighted by atomic mass is 35.6. The Morgan fingerprint density at radius 1 is 1.09 bits per heavy atom. The number of hydrogen-bond acceptors (Lipinski definition) is 6. The number of benzene rings is 2. The Bertz CT molecular complexity index is 1330. The number of halogens is 4. The van der Waals surface area contributed by atoms with Gasteiger partial charge in [0.1, 0.15) is 0 Å². The third kappa shape index (κ3) is 6.38. The normalized spacial score (nSPS) is 11.9. The van der Waals surface area contributed by atoms with Gasteiger partial charge in [0.25, 0.3) is 5.91 Å². The van der Waals surface area contributed by atoms with E-state index in [2.05, 4.69) is 20.1 Å². The molecule has 0 bridgehead atoms. The first kappa shape index (κ1) is 26.2. The summed E-state index contributed by atoms with van der Waals surface area (Å²) in [6.07, 6.45) is -0.389. The van der Waals surface area contributed by atoms with Crippen LogP contribution in [-0.2, 0) is 18.6 Å². The van der Waals surface area contributed by atoms with Crippen LogP contribution in [0.3, 0.4) is 0 Å². The molecular formula is C19H15Cl4N5O5S. The number of carboxylic acids is 1. The number of rotatable bonds is 8. The van der Waals surface area contributed by atoms with Crippen LogP contribution in [-0.4, -0.2) is 46.7 Å². The average Bonchev–Trinajstić information content (AvgIpc) is 3.21. The summed E-state index contributed by atoms with van der Waals surface area (Å²) in [5.74, 6) is -2.38. The number of nitrogens with zero attached hydrogens (tertiary/aromatic N) is 3. The Morgan fingerprint density at radius 2 is 1.76 bits per heavy atom. The molecule has 0 spiro atoms. The zero-order valence-electron chi connectivity index (χ0n) is 16.9. The van der Waals surface area contributed by atoms with E-state index in [1.165, 1.54) is 16.8 Å². The van der Waals surface area contributed by atoms with Gasteiger partial charge < -0.3 is 10.4 Å². The second-order valence-corrected chi connectivity index (χ2v) is 11.1. The number of carbonyl (C=O) groups excluding carboxylic acids is 1. The van der Waals surface area contributed by atoms with Gasteiger partial charge >= 0.3 is 5.97 Å². The van der Waals surface area contributed by atoms with Crippen LogP contribution < -0.4 is 10.0 Å². The highest BCUT2D eigenvalue weighted by Gasteiger charge is 2.33. The van der Waals surface area contributed by atoms with Crippen LogP contribution in [0.15, 0.2) is 53.4 Å². The molecule has 2 aromatic carbocycles. The van der Waals surface area contributed by atoms with Crippen molar-refractivity contribution in [3.8, 4) is 5.69 Å². The van der Waals surface area contributed by atoms with Crippen molar-refractivity contribution in [1.82, 2.24) is 19.5 Å². The van der Waals surface area contributed by atoms with Crippen molar-refractivity contribution in [1.29, 1.82) is 0 Å². The van der Waals surface area contributed by atoms with Crippen molar-refractivity contribution < 1.29 is 23.1 Å². The number of amides is 1. The Hall–Kier alpha value is -2.41. The van der Waals surface area contributed by atoms with Gasteiger partial charge in [0, 0.05) is 6.54 Å². The molecule has 3 rings (SSSR count). The van der Waals surface area contributed by atoms with Gasteiger partial charge in [-0.1, -0.05) is 64.6 Å². The van der Waals surface area contributed by atoms with E-state index >= 15 is 0 Å². The Kier molecular flexibility index (Phi) is 8.06. The summed E-state index contributed by atoms with van der Waals surface area (Å²) >= 11 is 24.1. The predicted molar refractivity (Wildman–Crippen MR) is 127 cm³/mol. The van der Waals surface area contributed by atoms with Crippen molar-refractivity contribution in [2.75, 3.05) is 11.9 Å². The van der Waals surface area contributed by atoms with Gasteiger partial charge in [0.15, 0.2) is 5.82 Å². The van der Waals surface area contributed by atoms with Crippen LogP contribution in [0.4, 0.5) is 5.69 Å². The number of anilines is 1. The SMILES string of the molecule is O=C(O)CCNS(=O)(=O)c1ccc(NC(=O)c2nc(C(Cl)(Cl)Cl)n(-c3ccccc3)n2)c(Cl)c1. The highest BCUT2D eigenvalue weighted by molar-refractivity contribution is 7.89. The number of aliphatic carboxylic acids is 1. The van der Waals surface area contributed by atoms with Crippen LogP contribution in [0, 0.1) is 0 Å². The summed E-state index contributed by atoms with van der Waals surface area (Å²) in [5, 5.41) is 15.1. The lowest BCUT2D eigenvalue weighted by Gasteiger charge is -2.11. The number of nitrogens with one attached hydrogen (secondary N) is 2. The molecule has 15 heteroatoms. The molecule has 0 aliphatic heterocycles. The molecule has 1 heterocycles. The molecule has 1 amide bonds. The van der Waals surface area contributed by atoms with Crippen molar-refractivity contribution in [2.24, 2.45) is 0 Å². The van der Waals surface area contributed by atoms with Crippen LogP contribution >= 0.6 is 46.4 Å². The summed E-state index contributed by atoms with van der Waals surface area (Å²) < 4.78 is 25.9. The van der Waals surface area contributed by atoms with E-state index < -0.39 is 25.7 Å². The van der Waals surface area contributed by atoms with Crippen LogP contribution in [0.5, 0.6) is 0 Å². The van der Waals surface area contributed by atoms with E-state index in [-0.39, 0.29) is 40.2 Å². The lowest BCUT2D eigenvalue weighted by atomic mass is 10.3. The Balaban J connectivity index is 1.83. The largest absolute Gasteiger partial charge is 0.481 e. The molecule has 180 valence electrons. The summed E-state index contributed by atoms with van der Waals surface area (Å²) in [5.41, 5.74) is 0.570. The van der Waals surface area contributed by atoms with E-state index in [0.29, 0.717) is 5.69 Å². The third-order valence-electron chi connectivity index (χ3n) is 4.19. The van der Waals surface area contributed by atoms with Crippen LogP contribution in [0.25, 0.3) is 5.69 Å². The summed E-state index contributed by atoms with van der Waals surface area (Å²) in [4.78, 5) is 27.1. The Morgan fingerprint density at radius 3 is 2.35 bits per heavy atom. The van der Waals surface area contributed by atoms with Gasteiger partial charge in [-0.2, -0.15) is 0 Å².